The molecular formula is C14H13F5N4O2. The fraction of sp³-hybridized carbons (Fsp3) is 0.286. The third-order valence-corrected chi connectivity index (χ3v) is 3.39. The van der Waals surface area contributed by atoms with Crippen LogP contribution in [0.2, 0.25) is 0 Å². The number of rotatable bonds is 4. The smallest absolute Gasteiger partial charge is 0.390 e. The summed E-state index contributed by atoms with van der Waals surface area (Å²) in [6.07, 6.45) is -6.48. The third kappa shape index (κ3) is 4.17. The van der Waals surface area contributed by atoms with E-state index in [-0.39, 0.29) is 16.5 Å². The maximum atomic E-state index is 13.5. The van der Waals surface area contributed by atoms with Crippen molar-refractivity contribution < 1.29 is 31.9 Å². The fourth-order valence-electron chi connectivity index (χ4n) is 2.39. The second kappa shape index (κ2) is 6.57. The SMILES string of the molecule is NC(N)=NC(=O)Cc1c2cc(F)c(F)cc2c(O)n1CCC(F)(F)F. The van der Waals surface area contributed by atoms with E-state index in [1.165, 1.54) is 0 Å². The summed E-state index contributed by atoms with van der Waals surface area (Å²) in [6, 6.07) is 1.32. The van der Waals surface area contributed by atoms with E-state index >= 15 is 0 Å². The van der Waals surface area contributed by atoms with Gasteiger partial charge < -0.3 is 21.1 Å². The highest BCUT2D eigenvalue weighted by molar-refractivity contribution is 5.97. The molecule has 6 nitrogen and oxygen atoms in total. The van der Waals surface area contributed by atoms with Crippen LogP contribution in [0.25, 0.3) is 10.8 Å². The molecule has 0 saturated carbocycles. The van der Waals surface area contributed by atoms with Crippen molar-refractivity contribution in [1.82, 2.24) is 4.57 Å². The highest BCUT2D eigenvalue weighted by Crippen LogP contribution is 2.35. The molecule has 1 amide bonds. The van der Waals surface area contributed by atoms with E-state index in [1.807, 2.05) is 0 Å². The number of hydrogen-bond acceptors (Lipinski definition) is 2. The number of guanidine groups is 1. The van der Waals surface area contributed by atoms with Gasteiger partial charge in [-0.3, -0.25) is 4.79 Å². The monoisotopic (exact) mass is 364 g/mol. The van der Waals surface area contributed by atoms with Crippen molar-refractivity contribution in [2.75, 3.05) is 0 Å². The quantitative estimate of drug-likeness (QED) is 0.438. The molecule has 25 heavy (non-hydrogen) atoms. The summed E-state index contributed by atoms with van der Waals surface area (Å²) in [4.78, 5) is 15.0. The van der Waals surface area contributed by atoms with Crippen molar-refractivity contribution in [2.24, 2.45) is 16.5 Å². The molecule has 0 saturated heterocycles. The van der Waals surface area contributed by atoms with Gasteiger partial charge in [-0.15, -0.1) is 0 Å². The molecule has 0 radical (unpaired) electrons. The Balaban J connectivity index is 2.59. The van der Waals surface area contributed by atoms with Gasteiger partial charge in [0.25, 0.3) is 5.91 Å². The highest BCUT2D eigenvalue weighted by atomic mass is 19.4. The molecule has 0 aliphatic heterocycles. The lowest BCUT2D eigenvalue weighted by Gasteiger charge is -2.11. The van der Waals surface area contributed by atoms with Crippen molar-refractivity contribution in [3.05, 3.63) is 29.5 Å². The predicted molar refractivity (Wildman–Crippen MR) is 78.7 cm³/mol. The van der Waals surface area contributed by atoms with Crippen molar-refractivity contribution in [2.45, 2.75) is 25.6 Å². The Morgan fingerprint density at radius 3 is 2.24 bits per heavy atom. The number of aromatic hydroxyl groups is 1. The fourth-order valence-corrected chi connectivity index (χ4v) is 2.39. The average Bonchev–Trinajstić information content (AvgIpc) is 2.68. The van der Waals surface area contributed by atoms with E-state index < -0.39 is 54.9 Å². The van der Waals surface area contributed by atoms with E-state index in [0.29, 0.717) is 12.1 Å². The van der Waals surface area contributed by atoms with Crippen molar-refractivity contribution in [3.8, 4) is 5.88 Å². The predicted octanol–water partition coefficient (Wildman–Crippen LogP) is 1.92. The number of aliphatic imine (C=N–C) groups is 1. The van der Waals surface area contributed by atoms with Gasteiger partial charge in [-0.2, -0.15) is 18.2 Å². The Bertz CT molecular complexity index is 853. The third-order valence-electron chi connectivity index (χ3n) is 3.39. The molecule has 1 aromatic heterocycles. The Hall–Kier alpha value is -2.85. The second-order valence-corrected chi connectivity index (χ2v) is 5.21. The van der Waals surface area contributed by atoms with Gasteiger partial charge in [-0.05, 0) is 12.1 Å². The van der Waals surface area contributed by atoms with Crippen LogP contribution >= 0.6 is 0 Å². The van der Waals surface area contributed by atoms with Gasteiger partial charge in [-0.1, -0.05) is 0 Å². The maximum Gasteiger partial charge on any atom is 0.390 e. The first kappa shape index (κ1) is 18.5. The van der Waals surface area contributed by atoms with Crippen LogP contribution in [0.3, 0.4) is 0 Å². The normalized spacial score (nSPS) is 11.7. The summed E-state index contributed by atoms with van der Waals surface area (Å²) in [5.74, 6) is -4.78. The zero-order valence-corrected chi connectivity index (χ0v) is 12.6. The molecule has 0 aliphatic rings. The lowest BCUT2D eigenvalue weighted by molar-refractivity contribution is -0.136. The molecule has 11 heteroatoms. The minimum Gasteiger partial charge on any atom is -0.494 e. The van der Waals surface area contributed by atoms with E-state index in [1.54, 1.807) is 0 Å². The van der Waals surface area contributed by atoms with Gasteiger partial charge >= 0.3 is 6.18 Å². The standard InChI is InChI=1S/C14H13F5N4O2/c15-8-3-6-7(4-9(8)16)12(25)23(2-1-14(17,18)19)10(6)5-11(24)22-13(20)21/h3-4,25H,1-2,5H2,(H4,20,21,22,24). The van der Waals surface area contributed by atoms with Crippen molar-refractivity contribution >= 4 is 22.6 Å². The van der Waals surface area contributed by atoms with Crippen LogP contribution in [0.4, 0.5) is 22.0 Å². The summed E-state index contributed by atoms with van der Waals surface area (Å²) >= 11 is 0. The van der Waals surface area contributed by atoms with Gasteiger partial charge in [0.05, 0.1) is 12.8 Å². The van der Waals surface area contributed by atoms with Crippen LogP contribution in [0.15, 0.2) is 17.1 Å². The zero-order valence-electron chi connectivity index (χ0n) is 12.6. The number of carbonyl (C=O) groups excluding carboxylic acids is 1. The van der Waals surface area contributed by atoms with E-state index in [9.17, 15) is 31.9 Å². The number of aromatic nitrogens is 1. The number of fused-ring (bicyclic) bond motifs is 1. The maximum absolute atomic E-state index is 13.5. The number of amides is 1. The molecule has 5 N–H and O–H groups in total. The van der Waals surface area contributed by atoms with Crippen molar-refractivity contribution in [3.63, 3.8) is 0 Å². The molecule has 1 aromatic carbocycles. The summed E-state index contributed by atoms with van der Waals surface area (Å²) < 4.78 is 65.1. The van der Waals surface area contributed by atoms with E-state index in [4.69, 9.17) is 11.5 Å². The van der Waals surface area contributed by atoms with E-state index in [2.05, 4.69) is 4.99 Å². The first-order valence-electron chi connectivity index (χ1n) is 6.88. The zero-order chi connectivity index (χ0) is 18.9. The van der Waals surface area contributed by atoms with E-state index in [0.717, 1.165) is 4.57 Å². The molecule has 2 rings (SSSR count). The number of alkyl halides is 3. The van der Waals surface area contributed by atoms with Crippen LogP contribution in [0.5, 0.6) is 5.88 Å². The molecule has 0 atom stereocenters. The van der Waals surface area contributed by atoms with Crippen LogP contribution in [-0.2, 0) is 17.8 Å². The minimum absolute atomic E-state index is 0.113. The summed E-state index contributed by atoms with van der Waals surface area (Å²) in [7, 11) is 0. The Morgan fingerprint density at radius 2 is 1.72 bits per heavy atom. The molecule has 0 unspecified atom stereocenters. The number of nitrogens with zero attached hydrogens (tertiary/aromatic N) is 2. The molecule has 1 heterocycles. The van der Waals surface area contributed by atoms with Gasteiger partial charge in [0.15, 0.2) is 23.5 Å². The molecule has 0 bridgehead atoms. The number of benzene rings is 1. The first-order valence-corrected chi connectivity index (χ1v) is 6.88. The Morgan fingerprint density at radius 1 is 1.16 bits per heavy atom. The molecular weight excluding hydrogens is 351 g/mol. The van der Waals surface area contributed by atoms with Gasteiger partial charge in [0.2, 0.25) is 0 Å². The van der Waals surface area contributed by atoms with Gasteiger partial charge in [-0.25, -0.2) is 8.78 Å². The van der Waals surface area contributed by atoms with Crippen LogP contribution in [0.1, 0.15) is 12.1 Å². The van der Waals surface area contributed by atoms with Crippen LogP contribution in [0, 0.1) is 11.6 Å². The summed E-state index contributed by atoms with van der Waals surface area (Å²) in [6.45, 7) is -0.752. The topological polar surface area (TPSA) is 107 Å². The largest absolute Gasteiger partial charge is 0.494 e. The highest BCUT2D eigenvalue weighted by Gasteiger charge is 2.29. The molecule has 0 spiro atoms. The average molecular weight is 364 g/mol. The minimum atomic E-state index is -4.54. The number of nitrogens with two attached hydrogens (primary N) is 2. The first-order chi connectivity index (χ1) is 11.5. The molecule has 0 aliphatic carbocycles. The van der Waals surface area contributed by atoms with Crippen LogP contribution < -0.4 is 11.5 Å². The number of halogens is 5. The Kier molecular flexibility index (Phi) is 4.86. The molecule has 136 valence electrons. The van der Waals surface area contributed by atoms with Crippen LogP contribution in [-0.4, -0.2) is 27.7 Å². The van der Waals surface area contributed by atoms with Crippen molar-refractivity contribution in [1.29, 1.82) is 0 Å². The van der Waals surface area contributed by atoms with Gasteiger partial charge in [0, 0.05) is 23.0 Å². The second-order valence-electron chi connectivity index (χ2n) is 5.21. The molecule has 0 fully saturated rings. The lowest BCUT2D eigenvalue weighted by Crippen LogP contribution is -2.25. The Labute approximate surface area is 137 Å². The summed E-state index contributed by atoms with van der Waals surface area (Å²) in [5.41, 5.74) is 9.95. The summed E-state index contributed by atoms with van der Waals surface area (Å²) in [5, 5.41) is 9.75. The number of carbonyl (C=O) groups is 1. The molecule has 2 aromatic rings. The van der Waals surface area contributed by atoms with Gasteiger partial charge in [0.1, 0.15) is 0 Å². The number of hydrogen-bond donors (Lipinski definition) is 3. The lowest BCUT2D eigenvalue weighted by atomic mass is 10.1.